The minimum Gasteiger partial charge on any atom is -0.493 e. The molecule has 0 bridgehead atoms. The lowest BCUT2D eigenvalue weighted by Gasteiger charge is -2.35. The first kappa shape index (κ1) is 19.7. The summed E-state index contributed by atoms with van der Waals surface area (Å²) in [5, 5.41) is 0. The molecule has 0 amide bonds. The van der Waals surface area contributed by atoms with Gasteiger partial charge in [0, 0.05) is 12.1 Å². The summed E-state index contributed by atoms with van der Waals surface area (Å²) in [4.78, 5) is 2.52. The fourth-order valence-corrected chi connectivity index (χ4v) is 4.14. The molecule has 0 radical (unpaired) electrons. The van der Waals surface area contributed by atoms with E-state index in [2.05, 4.69) is 17.9 Å². The number of ether oxygens (including phenoxy) is 2. The first-order chi connectivity index (χ1) is 13.1. The Morgan fingerprint density at radius 3 is 2.37 bits per heavy atom. The average Bonchev–Trinajstić information content (AvgIpc) is 2.72. The molecule has 0 aromatic heterocycles. The van der Waals surface area contributed by atoms with E-state index in [1.54, 1.807) is 26.4 Å². The van der Waals surface area contributed by atoms with E-state index >= 15 is 0 Å². The van der Waals surface area contributed by atoms with Crippen LogP contribution in [-0.4, -0.2) is 38.8 Å². The molecule has 0 N–H and O–H groups in total. The summed E-state index contributed by atoms with van der Waals surface area (Å²) in [6.07, 6.45) is 3.35. The molecule has 3 rings (SSSR count). The summed E-state index contributed by atoms with van der Waals surface area (Å²) in [7, 11) is 3.40. The van der Waals surface area contributed by atoms with Gasteiger partial charge < -0.3 is 14.4 Å². The van der Waals surface area contributed by atoms with Crippen LogP contribution in [-0.2, 0) is 6.42 Å². The van der Waals surface area contributed by atoms with Crippen molar-refractivity contribution in [2.45, 2.75) is 32.1 Å². The van der Waals surface area contributed by atoms with Gasteiger partial charge in [-0.05, 0) is 68.0 Å². The standard InChI is InChI=1S/C23H30FNO2/c1-17(21-5-4-6-22(26-2)23(21)27-3)19-12-15-25(16-13-19)14-11-18-7-9-20(24)10-8-18/h4-10,17,19H,11-16H2,1-3H3. The number of halogens is 1. The summed E-state index contributed by atoms with van der Waals surface area (Å²) in [5.74, 6) is 2.59. The molecule has 0 aliphatic carbocycles. The third-order valence-electron chi connectivity index (χ3n) is 5.89. The SMILES string of the molecule is COc1cccc(C(C)C2CCN(CCc3ccc(F)cc3)CC2)c1OC. The quantitative estimate of drug-likeness (QED) is 0.691. The normalized spacial score (nSPS) is 16.9. The number of nitrogens with zero attached hydrogens (tertiary/aromatic N) is 1. The van der Waals surface area contributed by atoms with Crippen LogP contribution >= 0.6 is 0 Å². The van der Waals surface area contributed by atoms with E-state index < -0.39 is 0 Å². The van der Waals surface area contributed by atoms with E-state index in [4.69, 9.17) is 9.47 Å². The van der Waals surface area contributed by atoms with Crippen LogP contribution in [0.3, 0.4) is 0 Å². The fourth-order valence-electron chi connectivity index (χ4n) is 4.14. The van der Waals surface area contributed by atoms with E-state index in [0.717, 1.165) is 37.6 Å². The maximum atomic E-state index is 13.0. The molecule has 1 fully saturated rings. The molecule has 1 aliphatic heterocycles. The van der Waals surface area contributed by atoms with Crippen molar-refractivity contribution in [3.63, 3.8) is 0 Å². The lowest BCUT2D eigenvalue weighted by Crippen LogP contribution is -2.36. The van der Waals surface area contributed by atoms with Gasteiger partial charge in [0.1, 0.15) is 5.82 Å². The summed E-state index contributed by atoms with van der Waals surface area (Å²) >= 11 is 0. The Hall–Kier alpha value is -2.07. The first-order valence-corrected chi connectivity index (χ1v) is 9.80. The Balaban J connectivity index is 1.55. The Kier molecular flexibility index (Phi) is 6.73. The van der Waals surface area contributed by atoms with Crippen LogP contribution in [0, 0.1) is 11.7 Å². The zero-order valence-electron chi connectivity index (χ0n) is 16.6. The third kappa shape index (κ3) is 4.81. The number of rotatable bonds is 7. The van der Waals surface area contributed by atoms with Crippen LogP contribution < -0.4 is 9.47 Å². The molecule has 1 unspecified atom stereocenters. The van der Waals surface area contributed by atoms with Crippen molar-refractivity contribution in [3.8, 4) is 11.5 Å². The molecule has 1 heterocycles. The van der Waals surface area contributed by atoms with Crippen molar-refractivity contribution in [3.05, 3.63) is 59.4 Å². The van der Waals surface area contributed by atoms with Gasteiger partial charge in [-0.3, -0.25) is 0 Å². The van der Waals surface area contributed by atoms with Gasteiger partial charge in [-0.1, -0.05) is 31.2 Å². The van der Waals surface area contributed by atoms with Crippen molar-refractivity contribution >= 4 is 0 Å². The Morgan fingerprint density at radius 2 is 1.74 bits per heavy atom. The molecule has 1 atom stereocenters. The van der Waals surface area contributed by atoms with Crippen LogP contribution in [0.25, 0.3) is 0 Å². The topological polar surface area (TPSA) is 21.7 Å². The summed E-state index contributed by atoms with van der Waals surface area (Å²) in [5.41, 5.74) is 2.44. The molecular weight excluding hydrogens is 341 g/mol. The Labute approximate surface area is 162 Å². The van der Waals surface area contributed by atoms with Crippen molar-refractivity contribution in [2.24, 2.45) is 5.92 Å². The van der Waals surface area contributed by atoms with Crippen LogP contribution in [0.5, 0.6) is 11.5 Å². The summed E-state index contributed by atoms with van der Waals surface area (Å²) < 4.78 is 24.1. The van der Waals surface area contributed by atoms with E-state index in [-0.39, 0.29) is 5.82 Å². The summed E-state index contributed by atoms with van der Waals surface area (Å²) in [6.45, 7) is 5.57. The fraction of sp³-hybridized carbons (Fsp3) is 0.478. The number of hydrogen-bond acceptors (Lipinski definition) is 3. The number of benzene rings is 2. The molecule has 146 valence electrons. The maximum Gasteiger partial charge on any atom is 0.164 e. The van der Waals surface area contributed by atoms with Gasteiger partial charge in [0.2, 0.25) is 0 Å². The summed E-state index contributed by atoms with van der Waals surface area (Å²) in [6, 6.07) is 13.0. The van der Waals surface area contributed by atoms with E-state index in [9.17, 15) is 4.39 Å². The minimum atomic E-state index is -0.165. The second-order valence-electron chi connectivity index (χ2n) is 7.43. The van der Waals surface area contributed by atoms with Crippen molar-refractivity contribution < 1.29 is 13.9 Å². The molecule has 0 saturated carbocycles. The molecule has 2 aromatic carbocycles. The molecule has 1 aliphatic rings. The highest BCUT2D eigenvalue weighted by atomic mass is 19.1. The number of likely N-dealkylation sites (tertiary alicyclic amines) is 1. The zero-order valence-corrected chi connectivity index (χ0v) is 16.6. The predicted octanol–water partition coefficient (Wildman–Crippen LogP) is 4.90. The number of piperidine rings is 1. The van der Waals surface area contributed by atoms with Gasteiger partial charge in [-0.2, -0.15) is 0 Å². The largest absolute Gasteiger partial charge is 0.493 e. The van der Waals surface area contributed by atoms with Gasteiger partial charge in [0.05, 0.1) is 14.2 Å². The van der Waals surface area contributed by atoms with Crippen LogP contribution in [0.2, 0.25) is 0 Å². The van der Waals surface area contributed by atoms with Gasteiger partial charge >= 0.3 is 0 Å². The molecule has 1 saturated heterocycles. The minimum absolute atomic E-state index is 0.165. The maximum absolute atomic E-state index is 13.0. The molecule has 2 aromatic rings. The van der Waals surface area contributed by atoms with Gasteiger partial charge in [0.15, 0.2) is 11.5 Å². The van der Waals surface area contributed by atoms with Gasteiger partial charge in [-0.25, -0.2) is 4.39 Å². The van der Waals surface area contributed by atoms with Gasteiger partial charge in [-0.15, -0.1) is 0 Å². The number of methoxy groups -OCH3 is 2. The van der Waals surface area contributed by atoms with Crippen LogP contribution in [0.4, 0.5) is 4.39 Å². The average molecular weight is 371 g/mol. The Morgan fingerprint density at radius 1 is 1.04 bits per heavy atom. The number of para-hydroxylation sites is 1. The monoisotopic (exact) mass is 371 g/mol. The molecule has 27 heavy (non-hydrogen) atoms. The third-order valence-corrected chi connectivity index (χ3v) is 5.89. The second kappa shape index (κ2) is 9.23. The number of hydrogen-bond donors (Lipinski definition) is 0. The predicted molar refractivity (Wildman–Crippen MR) is 107 cm³/mol. The lowest BCUT2D eigenvalue weighted by atomic mass is 9.81. The van der Waals surface area contributed by atoms with Crippen molar-refractivity contribution in [1.29, 1.82) is 0 Å². The Bertz CT molecular complexity index is 724. The molecule has 3 nitrogen and oxygen atoms in total. The highest BCUT2D eigenvalue weighted by Gasteiger charge is 2.27. The molecule has 0 spiro atoms. The zero-order chi connectivity index (χ0) is 19.2. The first-order valence-electron chi connectivity index (χ1n) is 9.80. The van der Waals surface area contributed by atoms with E-state index in [1.165, 1.54) is 24.0 Å². The lowest BCUT2D eigenvalue weighted by molar-refractivity contribution is 0.172. The van der Waals surface area contributed by atoms with Crippen LogP contribution in [0.1, 0.15) is 36.8 Å². The smallest absolute Gasteiger partial charge is 0.164 e. The highest BCUT2D eigenvalue weighted by molar-refractivity contribution is 5.48. The molecular formula is C23H30FNO2. The van der Waals surface area contributed by atoms with Gasteiger partial charge in [0.25, 0.3) is 0 Å². The van der Waals surface area contributed by atoms with Crippen molar-refractivity contribution in [2.75, 3.05) is 33.9 Å². The van der Waals surface area contributed by atoms with Crippen LogP contribution in [0.15, 0.2) is 42.5 Å². The molecule has 4 heteroatoms. The second-order valence-corrected chi connectivity index (χ2v) is 7.43. The van der Waals surface area contributed by atoms with E-state index in [1.807, 2.05) is 24.3 Å². The van der Waals surface area contributed by atoms with E-state index in [0.29, 0.717) is 11.8 Å². The van der Waals surface area contributed by atoms with Crippen molar-refractivity contribution in [1.82, 2.24) is 4.90 Å². The highest BCUT2D eigenvalue weighted by Crippen LogP contribution is 2.41.